The lowest BCUT2D eigenvalue weighted by atomic mass is 9.55. The monoisotopic (exact) mass is 871 g/mol. The van der Waals surface area contributed by atoms with E-state index >= 15 is 0 Å². The number of hydrogen-bond acceptors (Lipinski definition) is 4. The van der Waals surface area contributed by atoms with Crippen molar-refractivity contribution < 1.29 is 0 Å². The maximum absolute atomic E-state index is 3.73. The molecule has 0 aromatic heterocycles. The Morgan fingerprint density at radius 2 is 0.985 bits per heavy atom. The number of anilines is 7. The number of rotatable bonds is 18. The van der Waals surface area contributed by atoms with E-state index in [1.807, 2.05) is 0 Å². The van der Waals surface area contributed by atoms with Crippen molar-refractivity contribution in [1.29, 1.82) is 0 Å². The van der Waals surface area contributed by atoms with Gasteiger partial charge in [0.05, 0.1) is 5.69 Å². The lowest BCUT2D eigenvalue weighted by molar-refractivity contribution is 0.299. The van der Waals surface area contributed by atoms with Crippen LogP contribution >= 0.6 is 0 Å². The van der Waals surface area contributed by atoms with Crippen LogP contribution in [0.3, 0.4) is 0 Å². The van der Waals surface area contributed by atoms with Crippen molar-refractivity contribution in [3.63, 3.8) is 0 Å². The summed E-state index contributed by atoms with van der Waals surface area (Å²) in [5.41, 5.74) is 22.3. The highest BCUT2D eigenvalue weighted by molar-refractivity contribution is 5.88. The van der Waals surface area contributed by atoms with Gasteiger partial charge in [-0.25, -0.2) is 0 Å². The van der Waals surface area contributed by atoms with E-state index in [-0.39, 0.29) is 16.2 Å². The number of nitrogens with zero attached hydrogens (tertiary/aromatic N) is 2. The Labute approximate surface area is 395 Å². The number of hydrogen-bond donors (Lipinski definition) is 2. The van der Waals surface area contributed by atoms with Crippen LogP contribution < -0.4 is 20.4 Å². The fourth-order valence-corrected chi connectivity index (χ4v) is 12.9. The molecule has 0 spiro atoms. The van der Waals surface area contributed by atoms with Crippen LogP contribution in [0.15, 0.2) is 84.9 Å². The van der Waals surface area contributed by atoms with E-state index in [4.69, 9.17) is 0 Å². The second-order valence-electron chi connectivity index (χ2n) is 21.3. The Kier molecular flexibility index (Phi) is 13.6. The molecule has 0 saturated heterocycles. The highest BCUT2D eigenvalue weighted by Gasteiger charge is 2.62. The minimum Gasteiger partial charge on any atom is -0.385 e. The van der Waals surface area contributed by atoms with Crippen molar-refractivity contribution in [3.8, 4) is 11.1 Å². The second-order valence-corrected chi connectivity index (χ2v) is 21.3. The number of aryl methyl sites for hydroxylation is 4. The fourth-order valence-electron chi connectivity index (χ4n) is 12.9. The van der Waals surface area contributed by atoms with Gasteiger partial charge >= 0.3 is 0 Å². The molecule has 0 radical (unpaired) electrons. The normalized spacial score (nSPS) is 19.1. The Hall–Kier alpha value is -4.70. The van der Waals surface area contributed by atoms with E-state index < -0.39 is 0 Å². The molecule has 1 atom stereocenters. The van der Waals surface area contributed by atoms with Gasteiger partial charge in [0, 0.05) is 64.1 Å². The zero-order chi connectivity index (χ0) is 46.3. The van der Waals surface area contributed by atoms with Crippen molar-refractivity contribution in [1.82, 2.24) is 0 Å². The standard InChI is InChI=1S/C61H82N4/c1-13-17-33-62-48-35-42(7)57(43(8)36-48)64(46(11)41(5)6)51-25-27-53-54-28-26-52(40-56(54)61-31-19-29-60(61,30-20-32-61)55(53)39-51)65(50-23-21-47(22-24-50)59(12,15-3)16-4)58-44(9)37-49(38-45(58)10)63-34-18-14-2/h21-28,35-41,46,62-63H,13-20,29-34H2,1-12H3/t46-,60?,61?/m0/s1. The Morgan fingerprint density at radius 3 is 1.43 bits per heavy atom. The molecule has 4 heteroatoms. The summed E-state index contributed by atoms with van der Waals surface area (Å²) in [4.78, 5) is 5.30. The Morgan fingerprint density at radius 1 is 0.554 bits per heavy atom. The minimum atomic E-state index is 0.132. The van der Waals surface area contributed by atoms with E-state index in [0.29, 0.717) is 12.0 Å². The van der Waals surface area contributed by atoms with Crippen molar-refractivity contribution in [2.75, 3.05) is 33.5 Å². The molecular weight excluding hydrogens is 789 g/mol. The van der Waals surface area contributed by atoms with Gasteiger partial charge in [0.15, 0.2) is 0 Å². The van der Waals surface area contributed by atoms with E-state index in [1.54, 1.807) is 11.1 Å². The molecule has 2 saturated carbocycles. The van der Waals surface area contributed by atoms with E-state index in [9.17, 15) is 0 Å². The molecule has 0 aliphatic heterocycles. The highest BCUT2D eigenvalue weighted by atomic mass is 15.2. The van der Waals surface area contributed by atoms with Crippen LogP contribution in [0.2, 0.25) is 0 Å². The summed E-state index contributed by atoms with van der Waals surface area (Å²) >= 11 is 0. The van der Waals surface area contributed by atoms with Crippen LogP contribution in [0.25, 0.3) is 11.1 Å². The van der Waals surface area contributed by atoms with Gasteiger partial charge < -0.3 is 20.4 Å². The molecule has 4 nitrogen and oxygen atoms in total. The van der Waals surface area contributed by atoms with Gasteiger partial charge in [-0.1, -0.05) is 98.4 Å². The molecule has 0 bridgehead atoms. The number of nitrogens with one attached hydrogen (secondary N) is 2. The summed E-state index contributed by atoms with van der Waals surface area (Å²) in [7, 11) is 0. The fraction of sp³-hybridized carbons (Fsp3) is 0.508. The first-order valence-corrected chi connectivity index (χ1v) is 26.0. The molecule has 8 rings (SSSR count). The molecule has 0 heterocycles. The number of benzene rings is 5. The third-order valence-electron chi connectivity index (χ3n) is 17.1. The zero-order valence-electron chi connectivity index (χ0n) is 42.5. The van der Waals surface area contributed by atoms with E-state index in [1.165, 1.54) is 143 Å². The van der Waals surface area contributed by atoms with Crippen molar-refractivity contribution in [2.24, 2.45) is 5.92 Å². The zero-order valence-corrected chi connectivity index (χ0v) is 42.5. The number of fused-ring (bicyclic) bond motifs is 3. The van der Waals surface area contributed by atoms with Crippen LogP contribution in [-0.4, -0.2) is 19.1 Å². The van der Waals surface area contributed by atoms with Crippen molar-refractivity contribution in [3.05, 3.63) is 124 Å². The molecule has 65 heavy (non-hydrogen) atoms. The first-order chi connectivity index (χ1) is 31.3. The predicted octanol–water partition coefficient (Wildman–Crippen LogP) is 17.6. The van der Waals surface area contributed by atoms with Gasteiger partial charge in [0.1, 0.15) is 0 Å². The van der Waals surface area contributed by atoms with E-state index in [2.05, 4.69) is 188 Å². The van der Waals surface area contributed by atoms with Gasteiger partial charge in [-0.3, -0.25) is 0 Å². The minimum absolute atomic E-state index is 0.132. The van der Waals surface area contributed by atoms with Crippen molar-refractivity contribution in [2.45, 2.75) is 182 Å². The van der Waals surface area contributed by atoms with Crippen LogP contribution in [0, 0.1) is 33.6 Å². The average molecular weight is 871 g/mol. The molecule has 3 aliphatic rings. The molecular formula is C61H82N4. The van der Waals surface area contributed by atoms with E-state index in [0.717, 1.165) is 25.9 Å². The molecule has 346 valence electrons. The molecule has 5 aromatic rings. The summed E-state index contributed by atoms with van der Waals surface area (Å²) in [6, 6.07) is 34.8. The maximum Gasteiger partial charge on any atom is 0.0521 e. The third kappa shape index (κ3) is 8.18. The predicted molar refractivity (Wildman–Crippen MR) is 284 cm³/mol. The molecule has 0 unspecified atom stereocenters. The smallest absolute Gasteiger partial charge is 0.0521 e. The quantitative estimate of drug-likeness (QED) is 0.0859. The second kappa shape index (κ2) is 18.9. The lowest BCUT2D eigenvalue weighted by Crippen LogP contribution is -2.44. The third-order valence-corrected chi connectivity index (χ3v) is 17.1. The maximum atomic E-state index is 3.73. The van der Waals surface area contributed by atoms with Gasteiger partial charge in [-0.15, -0.1) is 0 Å². The van der Waals surface area contributed by atoms with Crippen LogP contribution in [-0.2, 0) is 16.2 Å². The summed E-state index contributed by atoms with van der Waals surface area (Å²) in [6.07, 6.45) is 14.7. The van der Waals surface area contributed by atoms with Gasteiger partial charge in [-0.05, 0) is 208 Å². The van der Waals surface area contributed by atoms with Crippen LogP contribution in [0.1, 0.15) is 171 Å². The first kappa shape index (κ1) is 46.8. The molecule has 0 amide bonds. The van der Waals surface area contributed by atoms with Gasteiger partial charge in [0.2, 0.25) is 0 Å². The Bertz CT molecular complexity index is 2410. The largest absolute Gasteiger partial charge is 0.385 e. The Balaban J connectivity index is 1.28. The topological polar surface area (TPSA) is 30.5 Å². The van der Waals surface area contributed by atoms with Crippen molar-refractivity contribution >= 4 is 39.8 Å². The average Bonchev–Trinajstić information content (AvgIpc) is 3.87. The van der Waals surface area contributed by atoms with Gasteiger partial charge in [-0.2, -0.15) is 0 Å². The number of unbranched alkanes of at least 4 members (excludes halogenated alkanes) is 2. The summed E-state index contributed by atoms with van der Waals surface area (Å²) < 4.78 is 0. The highest BCUT2D eigenvalue weighted by Crippen LogP contribution is 2.70. The summed E-state index contributed by atoms with van der Waals surface area (Å²) in [5.74, 6) is 0.490. The molecule has 3 aliphatic carbocycles. The molecule has 5 aromatic carbocycles. The lowest BCUT2D eigenvalue weighted by Gasteiger charge is -2.49. The van der Waals surface area contributed by atoms with Gasteiger partial charge in [0.25, 0.3) is 0 Å². The van der Waals surface area contributed by atoms with Crippen LogP contribution in [0.4, 0.5) is 39.8 Å². The molecule has 2 fully saturated rings. The first-order valence-electron chi connectivity index (χ1n) is 26.0. The SMILES string of the molecule is CCCCNc1cc(C)c(N(c2ccc(C(C)(CC)CC)cc2)c2ccc3c(c2)C24CCCC2(CCC4)c2cc(N(c4c(C)cc(NCCCC)cc4C)[C@@H](C)C(C)C)ccc2-3)c(C)c1. The summed E-state index contributed by atoms with van der Waals surface area (Å²) in [5, 5.41) is 7.45. The van der Waals surface area contributed by atoms with Crippen LogP contribution in [0.5, 0.6) is 0 Å². The molecule has 2 N–H and O–H groups in total. The summed E-state index contributed by atoms with van der Waals surface area (Å²) in [6.45, 7) is 30.1.